The number of rotatable bonds is 7. The van der Waals surface area contributed by atoms with Crippen LogP contribution in [0.4, 0.5) is 0 Å². The molecule has 0 saturated carbocycles. The molecule has 1 aromatic carbocycles. The van der Waals surface area contributed by atoms with Gasteiger partial charge in [-0.2, -0.15) is 0 Å². The van der Waals surface area contributed by atoms with Crippen molar-refractivity contribution >= 4 is 11.3 Å². The molecule has 102 valence electrons. The molecule has 3 nitrogen and oxygen atoms in total. The molecule has 0 bridgehead atoms. The van der Waals surface area contributed by atoms with Crippen LogP contribution >= 0.6 is 11.3 Å². The van der Waals surface area contributed by atoms with E-state index in [2.05, 4.69) is 22.6 Å². The summed E-state index contributed by atoms with van der Waals surface area (Å²) in [5.74, 6) is 0.332. The highest BCUT2D eigenvalue weighted by Gasteiger charge is 2.03. The Morgan fingerprint density at radius 2 is 2.05 bits per heavy atom. The van der Waals surface area contributed by atoms with Crippen molar-refractivity contribution < 1.29 is 5.11 Å². The number of nitrogens with one attached hydrogen (secondary N) is 1. The van der Waals surface area contributed by atoms with Gasteiger partial charge in [0.05, 0.1) is 11.2 Å². The number of nitrogens with zero attached hydrogens (tertiary/aromatic N) is 1. The number of phenolic OH excluding ortho intramolecular Hbond substituents is 1. The molecule has 2 N–H and O–H groups in total. The Balaban J connectivity index is 1.64. The van der Waals surface area contributed by atoms with Gasteiger partial charge in [-0.05, 0) is 37.5 Å². The van der Waals surface area contributed by atoms with Gasteiger partial charge in [0, 0.05) is 24.4 Å². The van der Waals surface area contributed by atoms with E-state index in [-0.39, 0.29) is 0 Å². The minimum atomic E-state index is 0.332. The first-order valence-corrected chi connectivity index (χ1v) is 7.56. The molecule has 1 unspecified atom stereocenters. The van der Waals surface area contributed by atoms with Gasteiger partial charge in [-0.15, -0.1) is 11.3 Å². The lowest BCUT2D eigenvalue weighted by Gasteiger charge is -2.13. The lowest BCUT2D eigenvalue weighted by molar-refractivity contribution is 0.474. The molecule has 1 aromatic heterocycles. The van der Waals surface area contributed by atoms with Crippen molar-refractivity contribution in [2.75, 3.05) is 6.54 Å². The van der Waals surface area contributed by atoms with Crippen LogP contribution in [0.15, 0.2) is 35.2 Å². The summed E-state index contributed by atoms with van der Waals surface area (Å²) in [5, 5.41) is 14.8. The maximum atomic E-state index is 9.22. The Hall–Kier alpha value is -1.39. The number of benzene rings is 1. The Kier molecular flexibility index (Phi) is 5.36. The van der Waals surface area contributed by atoms with Crippen LogP contribution in [0, 0.1) is 0 Å². The van der Waals surface area contributed by atoms with Crippen LogP contribution in [0.3, 0.4) is 0 Å². The van der Waals surface area contributed by atoms with E-state index in [4.69, 9.17) is 0 Å². The van der Waals surface area contributed by atoms with Gasteiger partial charge in [-0.25, -0.2) is 4.98 Å². The zero-order chi connectivity index (χ0) is 13.5. The first-order chi connectivity index (χ1) is 9.24. The largest absolute Gasteiger partial charge is 0.508 e. The second-order valence-electron chi connectivity index (χ2n) is 4.79. The van der Waals surface area contributed by atoms with Crippen LogP contribution in [-0.4, -0.2) is 22.7 Å². The Bertz CT molecular complexity index is 467. The molecule has 2 rings (SSSR count). The van der Waals surface area contributed by atoms with Crippen molar-refractivity contribution in [3.8, 4) is 5.75 Å². The van der Waals surface area contributed by atoms with Gasteiger partial charge in [-0.3, -0.25) is 0 Å². The second kappa shape index (κ2) is 7.26. The molecular weight excluding hydrogens is 256 g/mol. The van der Waals surface area contributed by atoms with Crippen molar-refractivity contribution in [3.05, 3.63) is 46.4 Å². The van der Waals surface area contributed by atoms with E-state index in [1.807, 2.05) is 17.6 Å². The number of thiazole rings is 1. The van der Waals surface area contributed by atoms with E-state index >= 15 is 0 Å². The molecule has 0 aliphatic carbocycles. The van der Waals surface area contributed by atoms with E-state index in [1.54, 1.807) is 23.5 Å². The Labute approximate surface area is 118 Å². The highest BCUT2D eigenvalue weighted by Crippen LogP contribution is 2.12. The van der Waals surface area contributed by atoms with Gasteiger partial charge in [0.2, 0.25) is 0 Å². The summed E-state index contributed by atoms with van der Waals surface area (Å²) in [6, 6.07) is 7.95. The predicted octanol–water partition coefficient (Wildman–Crippen LogP) is 3.00. The fraction of sp³-hybridized carbons (Fsp3) is 0.400. The smallest absolute Gasteiger partial charge is 0.115 e. The van der Waals surface area contributed by atoms with Gasteiger partial charge in [0.1, 0.15) is 5.75 Å². The zero-order valence-corrected chi connectivity index (χ0v) is 12.0. The van der Waals surface area contributed by atoms with E-state index in [1.165, 1.54) is 11.3 Å². The SMILES string of the molecule is CC(CCc1ccc(O)cc1)NCCc1cscn1. The molecule has 0 saturated heterocycles. The van der Waals surface area contributed by atoms with Crippen molar-refractivity contribution in [1.29, 1.82) is 0 Å². The second-order valence-corrected chi connectivity index (χ2v) is 5.51. The van der Waals surface area contributed by atoms with Crippen molar-refractivity contribution in [3.63, 3.8) is 0 Å². The summed E-state index contributed by atoms with van der Waals surface area (Å²) in [4.78, 5) is 4.27. The van der Waals surface area contributed by atoms with E-state index < -0.39 is 0 Å². The van der Waals surface area contributed by atoms with Gasteiger partial charge < -0.3 is 10.4 Å². The van der Waals surface area contributed by atoms with Crippen molar-refractivity contribution in [2.24, 2.45) is 0 Å². The summed E-state index contributed by atoms with van der Waals surface area (Å²) >= 11 is 1.65. The topological polar surface area (TPSA) is 45.1 Å². The van der Waals surface area contributed by atoms with E-state index in [9.17, 15) is 5.11 Å². The standard InChI is InChI=1S/C15H20N2OS/c1-12(16-9-8-14-10-19-11-17-14)2-3-13-4-6-15(18)7-5-13/h4-7,10-12,16,18H,2-3,8-9H2,1H3. The molecule has 1 heterocycles. The first-order valence-electron chi connectivity index (χ1n) is 6.62. The third-order valence-electron chi connectivity index (χ3n) is 3.16. The van der Waals surface area contributed by atoms with Crippen LogP contribution in [0.25, 0.3) is 0 Å². The number of aryl methyl sites for hydroxylation is 1. The number of hydrogen-bond acceptors (Lipinski definition) is 4. The maximum Gasteiger partial charge on any atom is 0.115 e. The summed E-state index contributed by atoms with van der Waals surface area (Å²) < 4.78 is 0. The monoisotopic (exact) mass is 276 g/mol. The molecule has 0 fully saturated rings. The van der Waals surface area contributed by atoms with Crippen LogP contribution in [0.1, 0.15) is 24.6 Å². The highest BCUT2D eigenvalue weighted by atomic mass is 32.1. The molecular formula is C15H20N2OS. The van der Waals surface area contributed by atoms with Crippen molar-refractivity contribution in [2.45, 2.75) is 32.2 Å². The molecule has 0 aliphatic heterocycles. The van der Waals surface area contributed by atoms with Gasteiger partial charge in [-0.1, -0.05) is 12.1 Å². The van der Waals surface area contributed by atoms with Gasteiger partial charge >= 0.3 is 0 Å². The lowest BCUT2D eigenvalue weighted by atomic mass is 10.1. The molecule has 19 heavy (non-hydrogen) atoms. The Morgan fingerprint density at radius 1 is 1.26 bits per heavy atom. The molecule has 0 amide bonds. The fourth-order valence-electron chi connectivity index (χ4n) is 1.96. The number of hydrogen-bond donors (Lipinski definition) is 2. The molecule has 1 atom stereocenters. The van der Waals surface area contributed by atoms with Crippen LogP contribution < -0.4 is 5.32 Å². The van der Waals surface area contributed by atoms with Crippen LogP contribution in [-0.2, 0) is 12.8 Å². The average molecular weight is 276 g/mol. The quantitative estimate of drug-likeness (QED) is 0.817. The number of aromatic hydroxyl groups is 1. The predicted molar refractivity (Wildman–Crippen MR) is 79.7 cm³/mol. The summed E-state index contributed by atoms with van der Waals surface area (Å²) in [6.45, 7) is 3.18. The maximum absolute atomic E-state index is 9.22. The van der Waals surface area contributed by atoms with E-state index in [0.29, 0.717) is 11.8 Å². The average Bonchev–Trinajstić information content (AvgIpc) is 2.91. The molecule has 0 aliphatic rings. The third kappa shape index (κ3) is 5.01. The third-order valence-corrected chi connectivity index (χ3v) is 3.80. The summed E-state index contributed by atoms with van der Waals surface area (Å²) in [5.41, 5.74) is 4.32. The lowest BCUT2D eigenvalue weighted by Crippen LogP contribution is -2.28. The van der Waals surface area contributed by atoms with Gasteiger partial charge in [0.15, 0.2) is 0 Å². The highest BCUT2D eigenvalue weighted by molar-refractivity contribution is 7.07. The molecule has 4 heteroatoms. The summed E-state index contributed by atoms with van der Waals surface area (Å²) in [7, 11) is 0. The minimum Gasteiger partial charge on any atom is -0.508 e. The molecule has 0 spiro atoms. The first kappa shape index (κ1) is 14.0. The zero-order valence-electron chi connectivity index (χ0n) is 11.2. The van der Waals surface area contributed by atoms with Crippen molar-refractivity contribution in [1.82, 2.24) is 10.3 Å². The van der Waals surface area contributed by atoms with Gasteiger partial charge in [0.25, 0.3) is 0 Å². The minimum absolute atomic E-state index is 0.332. The van der Waals surface area contributed by atoms with E-state index in [0.717, 1.165) is 25.8 Å². The van der Waals surface area contributed by atoms with Crippen LogP contribution in [0.2, 0.25) is 0 Å². The molecule has 0 radical (unpaired) electrons. The number of phenols is 1. The number of aromatic nitrogens is 1. The normalized spacial score (nSPS) is 12.5. The Morgan fingerprint density at radius 3 is 2.74 bits per heavy atom. The fourth-order valence-corrected chi connectivity index (χ4v) is 2.55. The summed E-state index contributed by atoms with van der Waals surface area (Å²) in [6.07, 6.45) is 3.13. The van der Waals surface area contributed by atoms with Crippen LogP contribution in [0.5, 0.6) is 5.75 Å². The molecule has 2 aromatic rings.